The Morgan fingerprint density at radius 3 is 2.60 bits per heavy atom. The van der Waals surface area contributed by atoms with Gasteiger partial charge in [0.25, 0.3) is 0 Å². The maximum Gasteiger partial charge on any atom is 0.390 e. The van der Waals surface area contributed by atoms with Crippen LogP contribution in [-0.4, -0.2) is 42.8 Å². The van der Waals surface area contributed by atoms with Gasteiger partial charge in [-0.3, -0.25) is 0 Å². The summed E-state index contributed by atoms with van der Waals surface area (Å²) in [6.45, 7) is 5.77. The van der Waals surface area contributed by atoms with Gasteiger partial charge < -0.3 is 10.2 Å². The molecule has 0 bridgehead atoms. The average molecular weight is 224 g/mol. The Morgan fingerprint density at radius 1 is 1.40 bits per heavy atom. The first-order valence-electron chi connectivity index (χ1n) is 5.42. The lowest BCUT2D eigenvalue weighted by molar-refractivity contribution is -0.137. The van der Waals surface area contributed by atoms with Gasteiger partial charge in [0, 0.05) is 25.2 Å². The normalized spacial score (nSPS) is 24.0. The molecule has 1 fully saturated rings. The lowest BCUT2D eigenvalue weighted by Crippen LogP contribution is -2.37. The van der Waals surface area contributed by atoms with E-state index in [0.29, 0.717) is 12.1 Å². The maximum absolute atomic E-state index is 12.0. The second kappa shape index (κ2) is 5.16. The molecular weight excluding hydrogens is 205 g/mol. The first-order valence-corrected chi connectivity index (χ1v) is 5.42. The predicted octanol–water partition coefficient (Wildman–Crippen LogP) is 2.01. The number of rotatable bonds is 4. The van der Waals surface area contributed by atoms with E-state index < -0.39 is 12.6 Å². The summed E-state index contributed by atoms with van der Waals surface area (Å²) in [6.07, 6.45) is -3.76. The minimum atomic E-state index is -4.02. The Kier molecular flexibility index (Phi) is 4.40. The highest BCUT2D eigenvalue weighted by molar-refractivity contribution is 4.82. The standard InChI is InChI=1S/C10H19F3N2/c1-8(2)14-9-3-5-15(7-9)6-4-10(11,12)13/h8-9,14H,3-7H2,1-2H3. The molecule has 1 unspecified atom stereocenters. The van der Waals surface area contributed by atoms with Crippen molar-refractivity contribution in [2.45, 2.75) is 44.9 Å². The Morgan fingerprint density at radius 2 is 2.07 bits per heavy atom. The molecule has 90 valence electrons. The van der Waals surface area contributed by atoms with E-state index in [2.05, 4.69) is 19.2 Å². The van der Waals surface area contributed by atoms with Crippen molar-refractivity contribution in [2.24, 2.45) is 0 Å². The van der Waals surface area contributed by atoms with Crippen molar-refractivity contribution in [3.05, 3.63) is 0 Å². The van der Waals surface area contributed by atoms with E-state index in [0.717, 1.165) is 19.5 Å². The number of likely N-dealkylation sites (tertiary alicyclic amines) is 1. The number of hydrogen-bond donors (Lipinski definition) is 1. The molecule has 0 aromatic rings. The highest BCUT2D eigenvalue weighted by Crippen LogP contribution is 2.21. The molecule has 1 aliphatic heterocycles. The molecule has 1 rings (SSSR count). The molecule has 5 heteroatoms. The molecule has 0 amide bonds. The smallest absolute Gasteiger partial charge is 0.310 e. The Bertz CT molecular complexity index is 192. The minimum Gasteiger partial charge on any atom is -0.310 e. The third kappa shape index (κ3) is 5.37. The van der Waals surface area contributed by atoms with Gasteiger partial charge in [-0.1, -0.05) is 13.8 Å². The summed E-state index contributed by atoms with van der Waals surface area (Å²) < 4.78 is 35.9. The Balaban J connectivity index is 2.19. The van der Waals surface area contributed by atoms with E-state index in [9.17, 15) is 13.2 Å². The number of alkyl halides is 3. The van der Waals surface area contributed by atoms with Crippen LogP contribution >= 0.6 is 0 Å². The number of nitrogens with zero attached hydrogens (tertiary/aromatic N) is 1. The quantitative estimate of drug-likeness (QED) is 0.786. The van der Waals surface area contributed by atoms with Crippen LogP contribution < -0.4 is 5.32 Å². The number of halogens is 3. The molecule has 1 saturated heterocycles. The fourth-order valence-electron chi connectivity index (χ4n) is 1.93. The van der Waals surface area contributed by atoms with Crippen molar-refractivity contribution < 1.29 is 13.2 Å². The second-order valence-electron chi connectivity index (χ2n) is 4.47. The van der Waals surface area contributed by atoms with Crippen LogP contribution in [0.5, 0.6) is 0 Å². The van der Waals surface area contributed by atoms with Gasteiger partial charge in [-0.15, -0.1) is 0 Å². The molecule has 0 saturated carbocycles. The largest absolute Gasteiger partial charge is 0.390 e. The van der Waals surface area contributed by atoms with E-state index in [1.807, 2.05) is 4.90 Å². The zero-order valence-electron chi connectivity index (χ0n) is 9.27. The highest BCUT2D eigenvalue weighted by Gasteiger charge is 2.30. The van der Waals surface area contributed by atoms with Crippen molar-refractivity contribution in [1.82, 2.24) is 10.2 Å². The highest BCUT2D eigenvalue weighted by atomic mass is 19.4. The first kappa shape index (κ1) is 12.8. The number of nitrogens with one attached hydrogen (secondary N) is 1. The van der Waals surface area contributed by atoms with Crippen LogP contribution in [0.25, 0.3) is 0 Å². The van der Waals surface area contributed by atoms with E-state index >= 15 is 0 Å². The third-order valence-corrected chi connectivity index (χ3v) is 2.55. The SMILES string of the molecule is CC(C)NC1CCN(CCC(F)(F)F)C1. The molecule has 1 N–H and O–H groups in total. The van der Waals surface area contributed by atoms with Gasteiger partial charge >= 0.3 is 6.18 Å². The van der Waals surface area contributed by atoms with Crippen molar-refractivity contribution >= 4 is 0 Å². The average Bonchev–Trinajstić information content (AvgIpc) is 2.46. The van der Waals surface area contributed by atoms with Crippen LogP contribution in [0.4, 0.5) is 13.2 Å². The van der Waals surface area contributed by atoms with E-state index in [1.165, 1.54) is 0 Å². The van der Waals surface area contributed by atoms with Gasteiger partial charge in [-0.05, 0) is 13.0 Å². The third-order valence-electron chi connectivity index (χ3n) is 2.55. The predicted molar refractivity (Wildman–Crippen MR) is 53.8 cm³/mol. The van der Waals surface area contributed by atoms with Gasteiger partial charge in [0.05, 0.1) is 6.42 Å². The molecule has 2 nitrogen and oxygen atoms in total. The van der Waals surface area contributed by atoms with Crippen molar-refractivity contribution in [2.75, 3.05) is 19.6 Å². The molecule has 0 aromatic carbocycles. The Hall–Kier alpha value is -0.290. The van der Waals surface area contributed by atoms with Crippen LogP contribution in [0.3, 0.4) is 0 Å². The summed E-state index contributed by atoms with van der Waals surface area (Å²) >= 11 is 0. The van der Waals surface area contributed by atoms with E-state index in [1.54, 1.807) is 0 Å². The maximum atomic E-state index is 12.0. The van der Waals surface area contributed by atoms with Crippen LogP contribution in [-0.2, 0) is 0 Å². The molecule has 1 atom stereocenters. The Labute approximate surface area is 88.8 Å². The summed E-state index contributed by atoms with van der Waals surface area (Å²) in [6, 6.07) is 0.760. The van der Waals surface area contributed by atoms with Gasteiger partial charge in [-0.25, -0.2) is 0 Å². The van der Waals surface area contributed by atoms with Crippen molar-refractivity contribution in [3.63, 3.8) is 0 Å². The summed E-state index contributed by atoms with van der Waals surface area (Å²) in [5.41, 5.74) is 0. The van der Waals surface area contributed by atoms with Gasteiger partial charge in [0.2, 0.25) is 0 Å². The summed E-state index contributed by atoms with van der Waals surface area (Å²) in [5, 5.41) is 3.35. The lowest BCUT2D eigenvalue weighted by atomic mass is 10.2. The molecule has 1 heterocycles. The molecule has 1 aliphatic rings. The molecule has 0 radical (unpaired) electrons. The molecule has 15 heavy (non-hydrogen) atoms. The second-order valence-corrected chi connectivity index (χ2v) is 4.47. The van der Waals surface area contributed by atoms with Crippen LogP contribution in [0, 0.1) is 0 Å². The molecular formula is C10H19F3N2. The summed E-state index contributed by atoms with van der Waals surface area (Å²) in [5.74, 6) is 0. The van der Waals surface area contributed by atoms with Crippen LogP contribution in [0.2, 0.25) is 0 Å². The molecule has 0 aromatic heterocycles. The van der Waals surface area contributed by atoms with Gasteiger partial charge in [0.15, 0.2) is 0 Å². The zero-order valence-corrected chi connectivity index (χ0v) is 9.27. The number of hydrogen-bond acceptors (Lipinski definition) is 2. The van der Waals surface area contributed by atoms with Crippen molar-refractivity contribution in [1.29, 1.82) is 0 Å². The van der Waals surface area contributed by atoms with Crippen molar-refractivity contribution in [3.8, 4) is 0 Å². The van der Waals surface area contributed by atoms with Crippen LogP contribution in [0.1, 0.15) is 26.7 Å². The fourth-order valence-corrected chi connectivity index (χ4v) is 1.93. The van der Waals surface area contributed by atoms with E-state index in [-0.39, 0.29) is 6.54 Å². The summed E-state index contributed by atoms with van der Waals surface area (Å²) in [7, 11) is 0. The zero-order chi connectivity index (χ0) is 11.5. The van der Waals surface area contributed by atoms with Gasteiger partial charge in [-0.2, -0.15) is 13.2 Å². The lowest BCUT2D eigenvalue weighted by Gasteiger charge is -2.18. The molecule has 0 spiro atoms. The molecule has 0 aliphatic carbocycles. The van der Waals surface area contributed by atoms with Crippen LogP contribution in [0.15, 0.2) is 0 Å². The summed E-state index contributed by atoms with van der Waals surface area (Å²) in [4.78, 5) is 1.88. The topological polar surface area (TPSA) is 15.3 Å². The fraction of sp³-hybridized carbons (Fsp3) is 1.00. The van der Waals surface area contributed by atoms with Gasteiger partial charge in [0.1, 0.15) is 0 Å². The minimum absolute atomic E-state index is 0.139. The first-order chi connectivity index (χ1) is 6.87. The van der Waals surface area contributed by atoms with E-state index in [4.69, 9.17) is 0 Å². The monoisotopic (exact) mass is 224 g/mol.